The van der Waals surface area contributed by atoms with Crippen molar-refractivity contribution in [3.05, 3.63) is 0 Å². The molecule has 1 atom stereocenters. The molecule has 88 valence electrons. The molecule has 2 saturated carbocycles. The zero-order valence-electron chi connectivity index (χ0n) is 9.74. The van der Waals surface area contributed by atoms with E-state index in [4.69, 9.17) is 5.26 Å². The van der Waals surface area contributed by atoms with E-state index in [0.29, 0.717) is 12.3 Å². The zero-order chi connectivity index (χ0) is 11.4. The van der Waals surface area contributed by atoms with E-state index in [0.717, 1.165) is 25.2 Å². The summed E-state index contributed by atoms with van der Waals surface area (Å²) in [6.45, 7) is 0. The lowest BCUT2D eigenvalue weighted by Gasteiger charge is -2.12. The van der Waals surface area contributed by atoms with Crippen LogP contribution in [0.25, 0.3) is 0 Å². The average Bonchev–Trinajstić information content (AvgIpc) is 3.00. The van der Waals surface area contributed by atoms with E-state index in [1.54, 1.807) is 0 Å². The van der Waals surface area contributed by atoms with Gasteiger partial charge in [0.15, 0.2) is 0 Å². The van der Waals surface area contributed by atoms with Crippen LogP contribution in [0.5, 0.6) is 0 Å². The summed E-state index contributed by atoms with van der Waals surface area (Å²) in [6, 6.07) is 1.97. The van der Waals surface area contributed by atoms with Gasteiger partial charge in [-0.3, -0.25) is 4.79 Å². The van der Waals surface area contributed by atoms with Gasteiger partial charge in [-0.05, 0) is 31.1 Å². The van der Waals surface area contributed by atoms with Gasteiger partial charge in [0.25, 0.3) is 0 Å². The number of nitrogens with one attached hydrogen (secondary N) is 1. The van der Waals surface area contributed by atoms with Crippen LogP contribution in [0.4, 0.5) is 0 Å². The molecule has 0 aromatic carbocycles. The van der Waals surface area contributed by atoms with E-state index < -0.39 is 0 Å². The first-order valence-electron chi connectivity index (χ1n) is 6.48. The summed E-state index contributed by atoms with van der Waals surface area (Å²) in [6.07, 6.45) is 9.05. The summed E-state index contributed by atoms with van der Waals surface area (Å²) >= 11 is 0. The van der Waals surface area contributed by atoms with Gasteiger partial charge in [-0.25, -0.2) is 0 Å². The Kier molecular flexibility index (Phi) is 3.82. The third-order valence-corrected chi connectivity index (χ3v) is 3.80. The van der Waals surface area contributed by atoms with Gasteiger partial charge in [0.1, 0.15) is 6.04 Å². The van der Waals surface area contributed by atoms with Crippen LogP contribution >= 0.6 is 0 Å². The van der Waals surface area contributed by atoms with Gasteiger partial charge in [-0.2, -0.15) is 5.26 Å². The van der Waals surface area contributed by atoms with Crippen LogP contribution in [0, 0.1) is 23.2 Å². The van der Waals surface area contributed by atoms with Gasteiger partial charge >= 0.3 is 0 Å². The normalized spacial score (nSPS) is 22.7. The second kappa shape index (κ2) is 5.34. The highest BCUT2D eigenvalue weighted by Gasteiger charge is 2.32. The minimum atomic E-state index is -0.226. The lowest BCUT2D eigenvalue weighted by Crippen LogP contribution is -2.35. The molecule has 2 aliphatic rings. The maximum Gasteiger partial charge on any atom is 0.221 e. The largest absolute Gasteiger partial charge is 0.340 e. The van der Waals surface area contributed by atoms with Crippen LogP contribution in [-0.4, -0.2) is 11.9 Å². The molecule has 0 spiro atoms. The second-order valence-electron chi connectivity index (χ2n) is 5.20. The first kappa shape index (κ1) is 11.4. The Bertz CT molecular complexity index is 285. The van der Waals surface area contributed by atoms with E-state index in [1.807, 2.05) is 0 Å². The highest BCUT2D eigenvalue weighted by atomic mass is 16.1. The molecule has 3 nitrogen and oxygen atoms in total. The summed E-state index contributed by atoms with van der Waals surface area (Å²) in [5.41, 5.74) is 0. The van der Waals surface area contributed by atoms with Crippen LogP contribution in [-0.2, 0) is 4.79 Å². The van der Waals surface area contributed by atoms with Gasteiger partial charge in [-0.1, -0.05) is 25.7 Å². The highest BCUT2D eigenvalue weighted by molar-refractivity contribution is 5.76. The topological polar surface area (TPSA) is 52.9 Å². The standard InChI is InChI=1S/C13H20N2O/c14-9-12(11-6-7-11)15-13(16)8-5-10-3-1-2-4-10/h10-12H,1-8H2,(H,15,16). The molecule has 0 aromatic rings. The van der Waals surface area contributed by atoms with Crippen molar-refractivity contribution >= 4 is 5.91 Å². The summed E-state index contributed by atoms with van der Waals surface area (Å²) in [4.78, 5) is 11.6. The number of carbonyl (C=O) groups excluding carboxylic acids is 1. The molecular weight excluding hydrogens is 200 g/mol. The van der Waals surface area contributed by atoms with E-state index in [1.165, 1.54) is 25.7 Å². The average molecular weight is 220 g/mol. The molecule has 3 heteroatoms. The summed E-state index contributed by atoms with van der Waals surface area (Å²) in [5, 5.41) is 11.8. The lowest BCUT2D eigenvalue weighted by atomic mass is 10.0. The number of hydrogen-bond acceptors (Lipinski definition) is 2. The molecule has 16 heavy (non-hydrogen) atoms. The Balaban J connectivity index is 1.65. The molecule has 0 saturated heterocycles. The van der Waals surface area contributed by atoms with Crippen LogP contribution in [0.3, 0.4) is 0 Å². The van der Waals surface area contributed by atoms with Crippen molar-refractivity contribution in [2.24, 2.45) is 11.8 Å². The second-order valence-corrected chi connectivity index (χ2v) is 5.20. The Hall–Kier alpha value is -1.04. The summed E-state index contributed by atoms with van der Waals surface area (Å²) in [5.74, 6) is 1.26. The number of rotatable bonds is 5. The fourth-order valence-electron chi connectivity index (χ4n) is 2.56. The molecule has 1 N–H and O–H groups in total. The predicted molar refractivity (Wildman–Crippen MR) is 61.5 cm³/mol. The number of carbonyl (C=O) groups is 1. The van der Waals surface area contributed by atoms with E-state index in [9.17, 15) is 4.79 Å². The van der Waals surface area contributed by atoms with Crippen molar-refractivity contribution in [1.82, 2.24) is 5.32 Å². The van der Waals surface area contributed by atoms with Gasteiger partial charge in [0.2, 0.25) is 5.91 Å². The van der Waals surface area contributed by atoms with E-state index in [-0.39, 0.29) is 11.9 Å². The van der Waals surface area contributed by atoms with Crippen LogP contribution < -0.4 is 5.32 Å². The smallest absolute Gasteiger partial charge is 0.221 e. The Morgan fingerprint density at radius 3 is 2.56 bits per heavy atom. The van der Waals surface area contributed by atoms with Gasteiger partial charge in [0, 0.05) is 6.42 Å². The van der Waals surface area contributed by atoms with Gasteiger partial charge < -0.3 is 5.32 Å². The molecular formula is C13H20N2O. The summed E-state index contributed by atoms with van der Waals surface area (Å²) < 4.78 is 0. The zero-order valence-corrected chi connectivity index (χ0v) is 9.74. The molecule has 0 heterocycles. The molecule has 1 amide bonds. The van der Waals surface area contributed by atoms with Gasteiger partial charge in [0.05, 0.1) is 6.07 Å². The Morgan fingerprint density at radius 2 is 2.00 bits per heavy atom. The minimum Gasteiger partial charge on any atom is -0.340 e. The van der Waals surface area contributed by atoms with Crippen molar-refractivity contribution in [1.29, 1.82) is 5.26 Å². The van der Waals surface area contributed by atoms with Crippen LogP contribution in [0.1, 0.15) is 51.4 Å². The maximum atomic E-state index is 11.6. The maximum absolute atomic E-state index is 11.6. The molecule has 0 aliphatic heterocycles. The van der Waals surface area contributed by atoms with Gasteiger partial charge in [-0.15, -0.1) is 0 Å². The first-order chi connectivity index (χ1) is 7.79. The van der Waals surface area contributed by atoms with E-state index >= 15 is 0 Å². The van der Waals surface area contributed by atoms with E-state index in [2.05, 4.69) is 11.4 Å². The molecule has 1 unspecified atom stereocenters. The first-order valence-corrected chi connectivity index (χ1v) is 6.48. The fourth-order valence-corrected chi connectivity index (χ4v) is 2.56. The summed E-state index contributed by atoms with van der Waals surface area (Å²) in [7, 11) is 0. The number of amides is 1. The SMILES string of the molecule is N#CC(NC(=O)CCC1CCCC1)C1CC1. The lowest BCUT2D eigenvalue weighted by molar-refractivity contribution is -0.121. The Morgan fingerprint density at radius 1 is 1.31 bits per heavy atom. The monoisotopic (exact) mass is 220 g/mol. The minimum absolute atomic E-state index is 0.0744. The van der Waals surface area contributed by atoms with Crippen LogP contribution in [0.2, 0.25) is 0 Å². The number of hydrogen-bond donors (Lipinski definition) is 1. The number of nitriles is 1. The quantitative estimate of drug-likeness (QED) is 0.773. The Labute approximate surface area is 97.2 Å². The predicted octanol–water partition coefficient (Wildman–Crippen LogP) is 2.38. The fraction of sp³-hybridized carbons (Fsp3) is 0.846. The highest BCUT2D eigenvalue weighted by Crippen LogP contribution is 2.32. The van der Waals surface area contributed by atoms with Crippen molar-refractivity contribution in [2.75, 3.05) is 0 Å². The van der Waals surface area contributed by atoms with Crippen molar-refractivity contribution in [3.8, 4) is 6.07 Å². The molecule has 0 radical (unpaired) electrons. The molecule has 2 rings (SSSR count). The van der Waals surface area contributed by atoms with Crippen molar-refractivity contribution < 1.29 is 4.79 Å². The third kappa shape index (κ3) is 3.23. The molecule has 0 bridgehead atoms. The molecule has 0 aromatic heterocycles. The molecule has 2 aliphatic carbocycles. The van der Waals surface area contributed by atoms with Crippen molar-refractivity contribution in [2.45, 2.75) is 57.4 Å². The number of nitrogens with zero attached hydrogens (tertiary/aromatic N) is 1. The van der Waals surface area contributed by atoms with Crippen LogP contribution in [0.15, 0.2) is 0 Å². The third-order valence-electron chi connectivity index (χ3n) is 3.80. The molecule has 2 fully saturated rings. The van der Waals surface area contributed by atoms with Crippen molar-refractivity contribution in [3.63, 3.8) is 0 Å².